The predicted molar refractivity (Wildman–Crippen MR) is 186 cm³/mol. The molecule has 2 aromatic carbocycles. The molecular weight excluding hydrogens is 595 g/mol. The van der Waals surface area contributed by atoms with Crippen LogP contribution in [-0.4, -0.2) is 78.2 Å². The fraction of sp³-hybridized carbons (Fsp3) is 0.459. The highest BCUT2D eigenvalue weighted by Crippen LogP contribution is 2.38. The summed E-state index contributed by atoms with van der Waals surface area (Å²) in [6, 6.07) is 20.6. The summed E-state index contributed by atoms with van der Waals surface area (Å²) in [5.41, 5.74) is 1.63. The van der Waals surface area contributed by atoms with Crippen LogP contribution in [0.1, 0.15) is 70.1 Å². The zero-order valence-electron chi connectivity index (χ0n) is 28.7. The van der Waals surface area contributed by atoms with Crippen LogP contribution in [0, 0.1) is 5.92 Å². The predicted octanol–water partition coefficient (Wildman–Crippen LogP) is 5.51. The van der Waals surface area contributed by atoms with Gasteiger partial charge in [-0.05, 0) is 55.1 Å². The highest BCUT2D eigenvalue weighted by atomic mass is 28.4. The smallest absolute Gasteiger partial charge is 0.410 e. The summed E-state index contributed by atoms with van der Waals surface area (Å²) in [5.74, 6) is -0.649. The highest BCUT2D eigenvalue weighted by molar-refractivity contribution is 6.99. The van der Waals surface area contributed by atoms with Gasteiger partial charge in [0.15, 0.2) is 0 Å². The van der Waals surface area contributed by atoms with Gasteiger partial charge in [0.25, 0.3) is 14.2 Å². The molecule has 1 aliphatic rings. The third-order valence-corrected chi connectivity index (χ3v) is 13.8. The third-order valence-electron chi connectivity index (χ3n) is 8.81. The fourth-order valence-electron chi connectivity index (χ4n) is 6.49. The molecule has 0 radical (unpaired) electrons. The molecule has 46 heavy (non-hydrogen) atoms. The number of aromatic amines is 1. The molecule has 0 unspecified atom stereocenters. The van der Waals surface area contributed by atoms with Crippen molar-refractivity contribution >= 4 is 30.7 Å². The number of rotatable bonds is 10. The van der Waals surface area contributed by atoms with Gasteiger partial charge in [-0.25, -0.2) is 4.79 Å². The number of carbonyl (C=O) groups is 2. The number of fused-ring (bicyclic) bond motifs is 1. The maximum absolute atomic E-state index is 13.9. The number of nitrogens with one attached hydrogen (secondary N) is 1. The Bertz CT molecular complexity index is 1450. The second-order valence-corrected chi connectivity index (χ2v) is 18.7. The van der Waals surface area contributed by atoms with Gasteiger partial charge in [0, 0.05) is 37.3 Å². The fourth-order valence-corrected chi connectivity index (χ4v) is 11.2. The summed E-state index contributed by atoms with van der Waals surface area (Å²) in [4.78, 5) is 33.4. The van der Waals surface area contributed by atoms with E-state index in [9.17, 15) is 14.7 Å². The Morgan fingerprint density at radius 3 is 2.11 bits per heavy atom. The van der Waals surface area contributed by atoms with E-state index >= 15 is 0 Å². The number of ether oxygens (including phenoxy) is 1. The lowest BCUT2D eigenvalue weighted by Crippen LogP contribution is -2.68. The number of H-pyrrole nitrogens is 1. The minimum Gasteiger partial charge on any atom is -0.444 e. The molecule has 3 aromatic rings. The highest BCUT2D eigenvalue weighted by Gasteiger charge is 2.52. The molecule has 0 aliphatic carbocycles. The molecule has 0 spiro atoms. The number of hydrogen-bond donors (Lipinski definition) is 2. The van der Waals surface area contributed by atoms with Crippen LogP contribution in [0.5, 0.6) is 0 Å². The van der Waals surface area contributed by atoms with Gasteiger partial charge in [-0.15, -0.1) is 6.58 Å². The first-order valence-corrected chi connectivity index (χ1v) is 18.0. The van der Waals surface area contributed by atoms with Crippen molar-refractivity contribution in [3.63, 3.8) is 0 Å². The Balaban J connectivity index is 1.61. The van der Waals surface area contributed by atoms with Gasteiger partial charge in [0.2, 0.25) is 0 Å². The minimum atomic E-state index is -2.95. The molecule has 0 bridgehead atoms. The summed E-state index contributed by atoms with van der Waals surface area (Å²) < 4.78 is 12.9. The van der Waals surface area contributed by atoms with E-state index in [-0.39, 0.29) is 36.7 Å². The molecule has 1 aromatic heterocycles. The SMILES string of the molecule is C=C[C@H](O[Si](c1ccccc1)(c1ccccc1)C(C)(C)C)[C@@H](CO)CN(C)C(=O)c1[nH]cc2c1CN(C(=O)OC(C)(C)C)[C@H](C)C2. The monoisotopic (exact) mass is 645 g/mol. The molecule has 0 saturated heterocycles. The number of carbonyl (C=O) groups excluding carboxylic acids is 2. The van der Waals surface area contributed by atoms with E-state index in [2.05, 4.69) is 56.6 Å². The van der Waals surface area contributed by atoms with Crippen molar-refractivity contribution in [1.82, 2.24) is 14.8 Å². The molecule has 2 N–H and O–H groups in total. The number of benzene rings is 2. The normalized spacial score (nSPS) is 16.7. The van der Waals surface area contributed by atoms with Crippen LogP contribution in [0.2, 0.25) is 5.04 Å². The average molecular weight is 646 g/mol. The van der Waals surface area contributed by atoms with E-state index in [1.54, 1.807) is 22.9 Å². The molecular formula is C37H51N3O5Si. The Morgan fingerprint density at radius 2 is 1.63 bits per heavy atom. The summed E-state index contributed by atoms with van der Waals surface area (Å²) in [5, 5.41) is 12.7. The maximum Gasteiger partial charge on any atom is 0.410 e. The van der Waals surface area contributed by atoms with Gasteiger partial charge in [0.05, 0.1) is 19.3 Å². The van der Waals surface area contributed by atoms with Crippen molar-refractivity contribution in [3.05, 3.63) is 96.3 Å². The van der Waals surface area contributed by atoms with E-state index in [1.165, 1.54) is 0 Å². The van der Waals surface area contributed by atoms with Crippen LogP contribution in [-0.2, 0) is 22.1 Å². The van der Waals surface area contributed by atoms with Crippen LogP contribution in [0.3, 0.4) is 0 Å². The average Bonchev–Trinajstić information content (AvgIpc) is 3.41. The van der Waals surface area contributed by atoms with Crippen LogP contribution >= 0.6 is 0 Å². The molecule has 3 atom stereocenters. The van der Waals surface area contributed by atoms with Crippen molar-refractivity contribution in [2.24, 2.45) is 5.92 Å². The number of amides is 2. The quantitative estimate of drug-likeness (QED) is 0.224. The second-order valence-electron chi connectivity index (χ2n) is 14.4. The van der Waals surface area contributed by atoms with Gasteiger partial charge in [0.1, 0.15) is 11.3 Å². The number of aromatic nitrogens is 1. The number of nitrogens with zero attached hydrogens (tertiary/aromatic N) is 2. The van der Waals surface area contributed by atoms with Crippen LogP contribution in [0.4, 0.5) is 4.79 Å². The zero-order chi connectivity index (χ0) is 33.9. The molecule has 1 aliphatic heterocycles. The van der Waals surface area contributed by atoms with Crippen molar-refractivity contribution in [2.75, 3.05) is 20.2 Å². The van der Waals surface area contributed by atoms with E-state index in [0.717, 1.165) is 21.5 Å². The van der Waals surface area contributed by atoms with Gasteiger partial charge in [-0.3, -0.25) is 4.79 Å². The summed E-state index contributed by atoms with van der Waals surface area (Å²) in [7, 11) is -1.21. The Labute approximate surface area is 275 Å². The zero-order valence-corrected chi connectivity index (χ0v) is 29.7. The van der Waals surface area contributed by atoms with Crippen LogP contribution < -0.4 is 10.4 Å². The molecule has 9 heteroatoms. The first-order valence-electron chi connectivity index (χ1n) is 16.1. The molecule has 2 amide bonds. The third kappa shape index (κ3) is 7.32. The lowest BCUT2D eigenvalue weighted by Gasteiger charge is -2.46. The summed E-state index contributed by atoms with van der Waals surface area (Å²) in [6.07, 6.45) is 3.31. The van der Waals surface area contributed by atoms with Gasteiger partial charge in [-0.1, -0.05) is 87.5 Å². The topological polar surface area (TPSA) is 95.1 Å². The molecule has 4 rings (SSSR count). The number of aliphatic hydroxyl groups excluding tert-OH is 1. The van der Waals surface area contributed by atoms with Crippen molar-refractivity contribution in [3.8, 4) is 0 Å². The van der Waals surface area contributed by atoms with Crippen molar-refractivity contribution < 1.29 is 23.9 Å². The maximum atomic E-state index is 13.9. The Kier molecular flexibility index (Phi) is 10.7. The lowest BCUT2D eigenvalue weighted by molar-refractivity contribution is 0.0137. The van der Waals surface area contributed by atoms with E-state index in [1.807, 2.05) is 70.3 Å². The van der Waals surface area contributed by atoms with Gasteiger partial charge < -0.3 is 29.1 Å². The standard InChI is InChI=1S/C37H51N3O5Si/c1-10-32(45-46(37(6,7)8,29-17-13-11-14-18-29)30-19-15-12-16-20-30)28(25-41)23-39(9)34(42)33-31-24-40(35(43)44-36(3,4)5)26(2)21-27(31)22-38-33/h10-20,22,26,28,32,38,41H,1,21,23-25H2,2-9H3/t26-,28-,32+/m1/s1. The van der Waals surface area contributed by atoms with E-state index in [4.69, 9.17) is 9.16 Å². The Morgan fingerprint density at radius 1 is 1.07 bits per heavy atom. The molecule has 2 heterocycles. The minimum absolute atomic E-state index is 0.0652. The second kappa shape index (κ2) is 14.0. The summed E-state index contributed by atoms with van der Waals surface area (Å²) in [6.45, 7) is 18.6. The molecule has 8 nitrogen and oxygen atoms in total. The lowest BCUT2D eigenvalue weighted by atomic mass is 9.97. The summed E-state index contributed by atoms with van der Waals surface area (Å²) >= 11 is 0. The largest absolute Gasteiger partial charge is 0.444 e. The first-order chi connectivity index (χ1) is 21.6. The van der Waals surface area contributed by atoms with E-state index < -0.39 is 32.0 Å². The van der Waals surface area contributed by atoms with Gasteiger partial charge >= 0.3 is 6.09 Å². The molecule has 248 valence electrons. The molecule has 0 saturated carbocycles. The Hall–Kier alpha value is -3.66. The van der Waals surface area contributed by atoms with Crippen molar-refractivity contribution in [1.29, 1.82) is 0 Å². The first kappa shape index (κ1) is 35.2. The number of hydrogen-bond acceptors (Lipinski definition) is 5. The van der Waals surface area contributed by atoms with Gasteiger partial charge in [-0.2, -0.15) is 0 Å². The van der Waals surface area contributed by atoms with E-state index in [0.29, 0.717) is 12.1 Å². The molecule has 0 fully saturated rings. The number of aliphatic hydroxyl groups is 1. The van der Waals surface area contributed by atoms with Crippen molar-refractivity contribution in [2.45, 2.75) is 84.2 Å². The van der Waals surface area contributed by atoms with Crippen LogP contribution in [0.15, 0.2) is 79.5 Å². The van der Waals surface area contributed by atoms with Crippen LogP contribution in [0.25, 0.3) is 0 Å².